The van der Waals surface area contributed by atoms with E-state index in [-0.39, 0.29) is 10.9 Å². The highest BCUT2D eigenvalue weighted by molar-refractivity contribution is 7.89. The summed E-state index contributed by atoms with van der Waals surface area (Å²) < 4.78 is 60.4. The smallest absolute Gasteiger partial charge is 0.242 e. The van der Waals surface area contributed by atoms with E-state index >= 15 is 0 Å². The molecule has 3 heterocycles. The molecule has 1 aromatic carbocycles. The zero-order valence-electron chi connectivity index (χ0n) is 19.7. The van der Waals surface area contributed by atoms with Crippen LogP contribution in [-0.2, 0) is 14.8 Å². The number of nitriles is 1. The monoisotopic (exact) mass is 515 g/mol. The van der Waals surface area contributed by atoms with Crippen LogP contribution in [0.25, 0.3) is 22.3 Å². The second kappa shape index (κ2) is 10.1. The minimum absolute atomic E-state index is 0.197. The molecule has 0 bridgehead atoms. The van der Waals surface area contributed by atoms with Crippen molar-refractivity contribution in [2.75, 3.05) is 44.6 Å². The molecule has 1 saturated carbocycles. The minimum Gasteiger partial charge on any atom is -0.378 e. The van der Waals surface area contributed by atoms with Gasteiger partial charge in [0.05, 0.1) is 41.7 Å². The molecule has 1 saturated heterocycles. The van der Waals surface area contributed by atoms with Crippen molar-refractivity contribution < 1.29 is 21.9 Å². The first-order valence-corrected chi connectivity index (χ1v) is 13.5. The molecule has 1 aliphatic heterocycles. The molecule has 8 nitrogen and oxygen atoms in total. The maximum absolute atomic E-state index is 12.9. The van der Waals surface area contributed by atoms with Gasteiger partial charge in [-0.05, 0) is 49.6 Å². The lowest BCUT2D eigenvalue weighted by Gasteiger charge is -2.31. The summed E-state index contributed by atoms with van der Waals surface area (Å²) in [5.41, 5.74) is 3.62. The number of halogens is 2. The van der Waals surface area contributed by atoms with Gasteiger partial charge in [-0.1, -0.05) is 0 Å². The standard InChI is InChI=1S/C25H27F2N5O3S/c26-13-17(14-27)30-36(33,34)20-5-7-23(29-16-20)25-22(15-28)21-6-4-19(31-8-10-35-11-9-31)12-24(21)32(25)18-2-1-3-18/h4-7,12,16-18,30H,1-3,8-11,13-14H2. The van der Waals surface area contributed by atoms with Crippen molar-refractivity contribution in [3.05, 3.63) is 42.1 Å². The molecule has 0 radical (unpaired) electrons. The van der Waals surface area contributed by atoms with Crippen molar-refractivity contribution in [2.24, 2.45) is 0 Å². The summed E-state index contributed by atoms with van der Waals surface area (Å²) in [6.45, 7) is 0.626. The number of nitrogens with one attached hydrogen (secondary N) is 1. The van der Waals surface area contributed by atoms with Crippen molar-refractivity contribution in [1.82, 2.24) is 14.3 Å². The summed E-state index contributed by atoms with van der Waals surface area (Å²) >= 11 is 0. The Kier molecular flexibility index (Phi) is 6.92. The van der Waals surface area contributed by atoms with E-state index in [9.17, 15) is 22.5 Å². The number of hydrogen-bond donors (Lipinski definition) is 1. The minimum atomic E-state index is -4.14. The summed E-state index contributed by atoms with van der Waals surface area (Å²) in [6.07, 6.45) is 4.21. The van der Waals surface area contributed by atoms with E-state index in [0.29, 0.717) is 30.2 Å². The fraction of sp³-hybridized carbons (Fsp3) is 0.440. The van der Waals surface area contributed by atoms with Gasteiger partial charge in [-0.2, -0.15) is 5.26 Å². The molecule has 3 aromatic rings. The average Bonchev–Trinajstić information content (AvgIpc) is 3.20. The fourth-order valence-corrected chi connectivity index (χ4v) is 5.92. The second-order valence-electron chi connectivity index (χ2n) is 9.10. The molecule has 2 fully saturated rings. The van der Waals surface area contributed by atoms with E-state index in [1.165, 1.54) is 6.07 Å². The molecule has 0 atom stereocenters. The molecule has 1 N–H and O–H groups in total. The number of anilines is 1. The van der Waals surface area contributed by atoms with Crippen molar-refractivity contribution in [3.8, 4) is 17.5 Å². The maximum Gasteiger partial charge on any atom is 0.242 e. The summed E-state index contributed by atoms with van der Waals surface area (Å²) in [6, 6.07) is 10.1. The maximum atomic E-state index is 12.9. The van der Waals surface area contributed by atoms with E-state index in [4.69, 9.17) is 4.74 Å². The van der Waals surface area contributed by atoms with Crippen LogP contribution in [0.2, 0.25) is 0 Å². The number of rotatable bonds is 8. The summed E-state index contributed by atoms with van der Waals surface area (Å²) in [7, 11) is -4.14. The van der Waals surface area contributed by atoms with Gasteiger partial charge in [0.1, 0.15) is 24.3 Å². The molecule has 0 amide bonds. The molecule has 0 spiro atoms. The van der Waals surface area contributed by atoms with Gasteiger partial charge in [-0.15, -0.1) is 0 Å². The largest absolute Gasteiger partial charge is 0.378 e. The number of nitrogens with zero attached hydrogens (tertiary/aromatic N) is 4. The lowest BCUT2D eigenvalue weighted by molar-refractivity contribution is 0.122. The number of sulfonamides is 1. The average molecular weight is 516 g/mol. The van der Waals surface area contributed by atoms with E-state index in [2.05, 4.69) is 26.6 Å². The fourth-order valence-electron chi connectivity index (χ4n) is 4.78. The van der Waals surface area contributed by atoms with Gasteiger partial charge in [0, 0.05) is 36.4 Å². The first-order chi connectivity index (χ1) is 17.5. The van der Waals surface area contributed by atoms with Gasteiger partial charge < -0.3 is 14.2 Å². The molecule has 11 heteroatoms. The highest BCUT2D eigenvalue weighted by Gasteiger charge is 2.29. The molecule has 1 aliphatic carbocycles. The Labute approximate surface area is 208 Å². The lowest BCUT2D eigenvalue weighted by Crippen LogP contribution is -2.37. The molecule has 5 rings (SSSR count). The molecule has 2 aliphatic rings. The van der Waals surface area contributed by atoms with Crippen LogP contribution in [0.5, 0.6) is 0 Å². The first-order valence-electron chi connectivity index (χ1n) is 12.0. The number of hydrogen-bond acceptors (Lipinski definition) is 6. The molecule has 36 heavy (non-hydrogen) atoms. The van der Waals surface area contributed by atoms with Crippen LogP contribution in [0.4, 0.5) is 14.5 Å². The van der Waals surface area contributed by atoms with Gasteiger partial charge >= 0.3 is 0 Å². The Morgan fingerprint density at radius 3 is 2.50 bits per heavy atom. The van der Waals surface area contributed by atoms with Gasteiger partial charge in [0.2, 0.25) is 10.0 Å². The van der Waals surface area contributed by atoms with Crippen LogP contribution >= 0.6 is 0 Å². The lowest BCUT2D eigenvalue weighted by atomic mass is 9.92. The highest BCUT2D eigenvalue weighted by atomic mass is 32.2. The van der Waals surface area contributed by atoms with Crippen LogP contribution in [0.15, 0.2) is 41.4 Å². The molecule has 190 valence electrons. The number of fused-ring (bicyclic) bond motifs is 1. The number of alkyl halides is 2. The summed E-state index contributed by atoms with van der Waals surface area (Å²) in [4.78, 5) is 6.45. The number of benzene rings is 1. The van der Waals surface area contributed by atoms with Crippen molar-refractivity contribution in [1.29, 1.82) is 5.26 Å². The van der Waals surface area contributed by atoms with Crippen LogP contribution in [-0.4, -0.2) is 63.7 Å². The normalized spacial score (nSPS) is 16.9. The van der Waals surface area contributed by atoms with E-state index < -0.39 is 29.4 Å². The second-order valence-corrected chi connectivity index (χ2v) is 10.8. The third-order valence-corrected chi connectivity index (χ3v) is 8.41. The SMILES string of the molecule is N#Cc1c(-c2ccc(S(=O)(=O)NC(CF)CF)cn2)n(C2CCC2)c2cc(N3CCOCC3)ccc12. The predicted octanol–water partition coefficient (Wildman–Crippen LogP) is 3.72. The zero-order valence-corrected chi connectivity index (χ0v) is 20.5. The van der Waals surface area contributed by atoms with E-state index in [1.807, 2.05) is 16.9 Å². The zero-order chi connectivity index (χ0) is 25.3. The van der Waals surface area contributed by atoms with Gasteiger partial charge in [0.15, 0.2) is 0 Å². The summed E-state index contributed by atoms with van der Waals surface area (Å²) in [5, 5.41) is 10.9. The Balaban J connectivity index is 1.59. The van der Waals surface area contributed by atoms with Crippen LogP contribution in [0.1, 0.15) is 30.9 Å². The van der Waals surface area contributed by atoms with Crippen molar-refractivity contribution in [3.63, 3.8) is 0 Å². The molecule has 0 unspecified atom stereocenters. The summed E-state index contributed by atoms with van der Waals surface area (Å²) in [5.74, 6) is 0. The molecule has 2 aromatic heterocycles. The predicted molar refractivity (Wildman–Crippen MR) is 132 cm³/mol. The quantitative estimate of drug-likeness (QED) is 0.491. The topological polar surface area (TPSA) is 100 Å². The van der Waals surface area contributed by atoms with Crippen LogP contribution < -0.4 is 9.62 Å². The van der Waals surface area contributed by atoms with E-state index in [0.717, 1.165) is 55.1 Å². The number of aromatic nitrogens is 2. The van der Waals surface area contributed by atoms with Crippen LogP contribution in [0.3, 0.4) is 0 Å². The Bertz CT molecular complexity index is 1390. The Morgan fingerprint density at radius 2 is 1.92 bits per heavy atom. The van der Waals surface area contributed by atoms with Gasteiger partial charge in [-0.25, -0.2) is 21.9 Å². The van der Waals surface area contributed by atoms with E-state index in [1.54, 1.807) is 6.07 Å². The molecular weight excluding hydrogens is 488 g/mol. The Morgan fingerprint density at radius 1 is 1.17 bits per heavy atom. The van der Waals surface area contributed by atoms with Gasteiger partial charge in [0.25, 0.3) is 0 Å². The van der Waals surface area contributed by atoms with Crippen LogP contribution in [0, 0.1) is 11.3 Å². The highest BCUT2D eigenvalue weighted by Crippen LogP contribution is 2.43. The number of ether oxygens (including phenoxy) is 1. The van der Waals surface area contributed by atoms with Crippen molar-refractivity contribution >= 4 is 26.6 Å². The third-order valence-electron chi connectivity index (χ3n) is 6.90. The third kappa shape index (κ3) is 4.45. The Hall–Kier alpha value is -3.07. The number of pyridine rings is 1. The molecular formula is C25H27F2N5O3S. The number of morpholine rings is 1. The van der Waals surface area contributed by atoms with Gasteiger partial charge in [-0.3, -0.25) is 4.98 Å². The van der Waals surface area contributed by atoms with Crippen molar-refractivity contribution in [2.45, 2.75) is 36.2 Å². The first kappa shape index (κ1) is 24.6.